The second-order valence-electron chi connectivity index (χ2n) is 7.15. The Hall–Kier alpha value is -2.83. The molecule has 2 heterocycles. The van der Waals surface area contributed by atoms with Crippen LogP contribution in [0.5, 0.6) is 5.75 Å². The van der Waals surface area contributed by atoms with Crippen molar-refractivity contribution in [1.82, 2.24) is 14.7 Å². The van der Waals surface area contributed by atoms with Crippen LogP contribution in [0.4, 0.5) is 0 Å². The van der Waals surface area contributed by atoms with Crippen LogP contribution < -0.4 is 4.74 Å². The highest BCUT2D eigenvalue weighted by Crippen LogP contribution is 2.22. The Morgan fingerprint density at radius 1 is 1.15 bits per heavy atom. The number of para-hydroxylation sites is 1. The Labute approximate surface area is 158 Å². The van der Waals surface area contributed by atoms with Crippen LogP contribution in [0.15, 0.2) is 36.5 Å². The number of ether oxygens (including phenoxy) is 2. The van der Waals surface area contributed by atoms with E-state index in [9.17, 15) is 9.59 Å². The predicted molar refractivity (Wildman–Crippen MR) is 99.9 cm³/mol. The van der Waals surface area contributed by atoms with Gasteiger partial charge in [-0.1, -0.05) is 32.0 Å². The molecule has 1 aromatic heterocycles. The highest BCUT2D eigenvalue weighted by atomic mass is 16.5. The summed E-state index contributed by atoms with van der Waals surface area (Å²) in [5.41, 5.74) is 0.844. The maximum Gasteiger partial charge on any atom is 0.363 e. The highest BCUT2D eigenvalue weighted by molar-refractivity contribution is 5.92. The first-order valence-corrected chi connectivity index (χ1v) is 9.12. The average molecular weight is 371 g/mol. The number of amides is 1. The Morgan fingerprint density at radius 2 is 1.81 bits per heavy atom. The smallest absolute Gasteiger partial charge is 0.363 e. The van der Waals surface area contributed by atoms with Crippen LogP contribution in [0.3, 0.4) is 0 Å². The molecule has 2 atom stereocenters. The fourth-order valence-corrected chi connectivity index (χ4v) is 3.52. The molecule has 0 radical (unpaired) electrons. The number of rotatable bonds is 5. The Morgan fingerprint density at radius 3 is 2.44 bits per heavy atom. The van der Waals surface area contributed by atoms with Gasteiger partial charge in [0.1, 0.15) is 0 Å². The molecule has 1 fully saturated rings. The van der Waals surface area contributed by atoms with Crippen LogP contribution in [-0.4, -0.2) is 53.4 Å². The van der Waals surface area contributed by atoms with Gasteiger partial charge in [0.25, 0.3) is 5.91 Å². The molecule has 1 aliphatic heterocycles. The zero-order chi connectivity index (χ0) is 19.4. The lowest BCUT2D eigenvalue weighted by Gasteiger charge is -2.34. The van der Waals surface area contributed by atoms with Crippen molar-refractivity contribution in [3.05, 3.63) is 42.2 Å². The zero-order valence-electron chi connectivity index (χ0n) is 15.9. The van der Waals surface area contributed by atoms with E-state index >= 15 is 0 Å². The van der Waals surface area contributed by atoms with E-state index in [0.717, 1.165) is 12.1 Å². The summed E-state index contributed by atoms with van der Waals surface area (Å²) in [7, 11) is 1.46. The normalized spacial score (nSPS) is 19.6. The lowest BCUT2D eigenvalue weighted by atomic mass is 9.92. The lowest BCUT2D eigenvalue weighted by Crippen LogP contribution is -2.44. The van der Waals surface area contributed by atoms with Crippen molar-refractivity contribution in [3.63, 3.8) is 0 Å². The van der Waals surface area contributed by atoms with E-state index in [-0.39, 0.29) is 18.2 Å². The van der Waals surface area contributed by atoms with Crippen molar-refractivity contribution in [3.8, 4) is 11.4 Å². The molecular formula is C20H25N3O4. The minimum atomic E-state index is -0.673. The maximum atomic E-state index is 12.4. The molecule has 0 aliphatic carbocycles. The average Bonchev–Trinajstić information content (AvgIpc) is 3.10. The van der Waals surface area contributed by atoms with Gasteiger partial charge in [0.05, 0.1) is 19.0 Å². The maximum absolute atomic E-state index is 12.4. The SMILES string of the molecule is COc1cn(-c2ccccc2)nc1C(=O)OCC(=O)N1C[C@H](C)C[C@H](C)C1. The minimum Gasteiger partial charge on any atom is -0.493 e. The molecule has 3 rings (SSSR count). The molecule has 1 amide bonds. The molecule has 144 valence electrons. The van der Waals surface area contributed by atoms with E-state index in [4.69, 9.17) is 9.47 Å². The van der Waals surface area contributed by atoms with Gasteiger partial charge in [-0.05, 0) is 30.4 Å². The molecule has 1 aliphatic rings. The van der Waals surface area contributed by atoms with E-state index in [1.54, 1.807) is 15.8 Å². The van der Waals surface area contributed by atoms with Crippen LogP contribution in [0, 0.1) is 11.8 Å². The summed E-state index contributed by atoms with van der Waals surface area (Å²) >= 11 is 0. The zero-order valence-corrected chi connectivity index (χ0v) is 15.9. The molecule has 2 aromatic rings. The summed E-state index contributed by atoms with van der Waals surface area (Å²) in [5.74, 6) is 0.359. The molecule has 7 heteroatoms. The molecule has 0 saturated carbocycles. The summed E-state index contributed by atoms with van der Waals surface area (Å²) in [6, 6.07) is 9.38. The number of carbonyl (C=O) groups is 2. The van der Waals surface area contributed by atoms with Gasteiger partial charge in [0, 0.05) is 13.1 Å². The fourth-order valence-electron chi connectivity index (χ4n) is 3.52. The molecule has 1 aromatic carbocycles. The second-order valence-corrected chi connectivity index (χ2v) is 7.15. The van der Waals surface area contributed by atoms with Crippen molar-refractivity contribution in [1.29, 1.82) is 0 Å². The number of piperidine rings is 1. The molecule has 0 unspecified atom stereocenters. The number of esters is 1. The van der Waals surface area contributed by atoms with Gasteiger partial charge in [0.2, 0.25) is 5.69 Å². The van der Waals surface area contributed by atoms with Crippen LogP contribution in [0.2, 0.25) is 0 Å². The third kappa shape index (κ3) is 4.48. The quantitative estimate of drug-likeness (QED) is 0.755. The summed E-state index contributed by atoms with van der Waals surface area (Å²) in [6.45, 7) is 5.37. The molecular weight excluding hydrogens is 346 g/mol. The molecule has 27 heavy (non-hydrogen) atoms. The highest BCUT2D eigenvalue weighted by Gasteiger charge is 2.27. The first-order valence-electron chi connectivity index (χ1n) is 9.12. The number of methoxy groups -OCH3 is 1. The summed E-state index contributed by atoms with van der Waals surface area (Å²) in [4.78, 5) is 26.6. The second kappa shape index (κ2) is 8.24. The van der Waals surface area contributed by atoms with Gasteiger partial charge < -0.3 is 14.4 Å². The number of likely N-dealkylation sites (tertiary alicyclic amines) is 1. The van der Waals surface area contributed by atoms with E-state index < -0.39 is 5.97 Å². The van der Waals surface area contributed by atoms with Crippen LogP contribution >= 0.6 is 0 Å². The first kappa shape index (κ1) is 18.9. The third-order valence-electron chi connectivity index (χ3n) is 4.66. The Balaban J connectivity index is 1.66. The summed E-state index contributed by atoms with van der Waals surface area (Å²) in [6.07, 6.45) is 2.72. The van der Waals surface area contributed by atoms with E-state index in [0.29, 0.717) is 30.7 Å². The van der Waals surface area contributed by atoms with Crippen LogP contribution in [0.25, 0.3) is 5.69 Å². The number of hydrogen-bond donors (Lipinski definition) is 0. The van der Waals surface area contributed by atoms with Crippen LogP contribution in [0.1, 0.15) is 30.8 Å². The number of carbonyl (C=O) groups excluding carboxylic acids is 2. The van der Waals surface area contributed by atoms with Crippen molar-refractivity contribution >= 4 is 11.9 Å². The third-order valence-corrected chi connectivity index (χ3v) is 4.66. The first-order chi connectivity index (χ1) is 13.0. The Bertz CT molecular complexity index is 793. The Kier molecular flexibility index (Phi) is 5.78. The minimum absolute atomic E-state index is 0.0505. The monoisotopic (exact) mass is 371 g/mol. The number of hydrogen-bond acceptors (Lipinski definition) is 5. The molecule has 7 nitrogen and oxygen atoms in total. The summed E-state index contributed by atoms with van der Waals surface area (Å²) in [5, 5.41) is 4.26. The van der Waals surface area contributed by atoms with Crippen LogP contribution in [-0.2, 0) is 9.53 Å². The van der Waals surface area contributed by atoms with E-state index in [1.807, 2.05) is 30.3 Å². The standard InChI is InChI=1S/C20H25N3O4/c1-14-9-15(2)11-22(10-14)18(24)13-27-20(25)19-17(26-3)12-23(21-19)16-7-5-4-6-8-16/h4-8,12,14-15H,9-11,13H2,1-3H3/t14-,15+. The van der Waals surface area contributed by atoms with Gasteiger partial charge in [-0.25, -0.2) is 9.48 Å². The molecule has 0 N–H and O–H groups in total. The largest absolute Gasteiger partial charge is 0.493 e. The number of nitrogens with zero attached hydrogens (tertiary/aromatic N) is 3. The topological polar surface area (TPSA) is 73.7 Å². The number of aromatic nitrogens is 2. The van der Waals surface area contributed by atoms with Gasteiger partial charge >= 0.3 is 5.97 Å². The van der Waals surface area contributed by atoms with Crippen molar-refractivity contribution in [2.45, 2.75) is 20.3 Å². The molecule has 1 saturated heterocycles. The van der Waals surface area contributed by atoms with Gasteiger partial charge in [0.15, 0.2) is 12.4 Å². The lowest BCUT2D eigenvalue weighted by molar-refractivity contribution is -0.137. The van der Waals surface area contributed by atoms with Gasteiger partial charge in [-0.3, -0.25) is 4.79 Å². The predicted octanol–water partition coefficient (Wildman–Crippen LogP) is 2.54. The van der Waals surface area contributed by atoms with Crippen molar-refractivity contribution in [2.75, 3.05) is 26.8 Å². The molecule has 0 spiro atoms. The fraction of sp³-hybridized carbons (Fsp3) is 0.450. The van der Waals surface area contributed by atoms with Gasteiger partial charge in [-0.15, -0.1) is 0 Å². The van der Waals surface area contributed by atoms with Gasteiger partial charge in [-0.2, -0.15) is 5.10 Å². The van der Waals surface area contributed by atoms with Crippen molar-refractivity contribution < 1.29 is 19.1 Å². The summed E-state index contributed by atoms with van der Waals surface area (Å²) < 4.78 is 12.0. The van der Waals surface area contributed by atoms with Crippen molar-refractivity contribution in [2.24, 2.45) is 11.8 Å². The molecule has 0 bridgehead atoms. The van der Waals surface area contributed by atoms with E-state index in [2.05, 4.69) is 18.9 Å². The van der Waals surface area contributed by atoms with E-state index in [1.165, 1.54) is 7.11 Å². The number of benzene rings is 1.